The Morgan fingerprint density at radius 1 is 1.17 bits per heavy atom. The number of nitrogens with one attached hydrogen (secondary N) is 1. The van der Waals surface area contributed by atoms with Crippen LogP contribution in [0.4, 0.5) is 0 Å². The quantitative estimate of drug-likeness (QED) is 0.873. The number of methoxy groups -OCH3 is 2. The van der Waals surface area contributed by atoms with Gasteiger partial charge in [0.05, 0.1) is 19.2 Å². The predicted octanol–water partition coefficient (Wildman–Crippen LogP) is 4.52. The Kier molecular flexibility index (Phi) is 5.09. The van der Waals surface area contributed by atoms with E-state index >= 15 is 0 Å². The minimum Gasteiger partial charge on any atom is -0.493 e. The summed E-state index contributed by atoms with van der Waals surface area (Å²) in [5.74, 6) is 1.25. The molecular formula is C19H22ClNO2. The lowest BCUT2D eigenvalue weighted by Crippen LogP contribution is -2.24. The van der Waals surface area contributed by atoms with Crippen LogP contribution in [0.3, 0.4) is 0 Å². The zero-order valence-corrected chi connectivity index (χ0v) is 14.3. The molecule has 122 valence electrons. The largest absolute Gasteiger partial charge is 0.493 e. The molecule has 0 aromatic heterocycles. The van der Waals surface area contributed by atoms with Crippen LogP contribution in [0.25, 0.3) is 0 Å². The van der Waals surface area contributed by atoms with Crippen LogP contribution < -0.4 is 14.8 Å². The highest BCUT2D eigenvalue weighted by Crippen LogP contribution is 2.36. The van der Waals surface area contributed by atoms with Crippen molar-refractivity contribution in [1.29, 1.82) is 0 Å². The van der Waals surface area contributed by atoms with Crippen LogP contribution in [-0.4, -0.2) is 14.2 Å². The third-order valence-corrected chi connectivity index (χ3v) is 4.70. The molecule has 4 heteroatoms. The molecule has 2 aromatic carbocycles. The smallest absolute Gasteiger partial charge is 0.179 e. The van der Waals surface area contributed by atoms with Crippen LogP contribution in [0.2, 0.25) is 5.02 Å². The summed E-state index contributed by atoms with van der Waals surface area (Å²) in [4.78, 5) is 0. The van der Waals surface area contributed by atoms with E-state index in [9.17, 15) is 0 Å². The molecule has 0 saturated heterocycles. The second kappa shape index (κ2) is 7.24. The van der Waals surface area contributed by atoms with Crippen LogP contribution in [0.1, 0.15) is 35.6 Å². The standard InChI is InChI=1S/C19H22ClNO2/c1-22-18-11-13(10-16(20)19(18)23-2)12-21-17-9-5-7-14-6-3-4-8-15(14)17/h3-4,6,8,10-11,17,21H,5,7,9,12H2,1-2H3/t17-/m1/s1. The zero-order valence-electron chi connectivity index (χ0n) is 13.6. The first kappa shape index (κ1) is 16.2. The molecular weight excluding hydrogens is 310 g/mol. The number of benzene rings is 2. The van der Waals surface area contributed by atoms with Gasteiger partial charge in [-0.15, -0.1) is 0 Å². The Morgan fingerprint density at radius 3 is 2.78 bits per heavy atom. The van der Waals surface area contributed by atoms with Crippen LogP contribution in [0.5, 0.6) is 11.5 Å². The fourth-order valence-corrected chi connectivity index (χ4v) is 3.59. The molecule has 3 rings (SSSR count). The molecule has 0 saturated carbocycles. The lowest BCUT2D eigenvalue weighted by molar-refractivity contribution is 0.354. The maximum absolute atomic E-state index is 6.28. The van der Waals surface area contributed by atoms with E-state index in [0.717, 1.165) is 18.5 Å². The molecule has 1 aliphatic carbocycles. The summed E-state index contributed by atoms with van der Waals surface area (Å²) in [6, 6.07) is 13.0. The number of rotatable bonds is 5. The molecule has 0 amide bonds. The highest BCUT2D eigenvalue weighted by molar-refractivity contribution is 6.32. The van der Waals surface area contributed by atoms with Gasteiger partial charge in [0, 0.05) is 12.6 Å². The number of hydrogen-bond acceptors (Lipinski definition) is 3. The Bertz CT molecular complexity index is 687. The van der Waals surface area contributed by atoms with Gasteiger partial charge < -0.3 is 14.8 Å². The lowest BCUT2D eigenvalue weighted by Gasteiger charge is -2.26. The highest BCUT2D eigenvalue weighted by Gasteiger charge is 2.19. The third-order valence-electron chi connectivity index (χ3n) is 4.42. The maximum atomic E-state index is 6.28. The summed E-state index contributed by atoms with van der Waals surface area (Å²) in [6.07, 6.45) is 3.57. The van der Waals surface area contributed by atoms with E-state index < -0.39 is 0 Å². The van der Waals surface area contributed by atoms with Gasteiger partial charge in [-0.2, -0.15) is 0 Å². The van der Waals surface area contributed by atoms with Crippen LogP contribution >= 0.6 is 11.6 Å². The van der Waals surface area contributed by atoms with Crippen molar-refractivity contribution in [3.8, 4) is 11.5 Å². The van der Waals surface area contributed by atoms with Crippen LogP contribution in [0, 0.1) is 0 Å². The van der Waals surface area contributed by atoms with E-state index in [4.69, 9.17) is 21.1 Å². The molecule has 1 aliphatic rings. The number of ether oxygens (including phenoxy) is 2. The monoisotopic (exact) mass is 331 g/mol. The van der Waals surface area contributed by atoms with Crippen molar-refractivity contribution in [2.75, 3.05) is 14.2 Å². The first-order valence-electron chi connectivity index (χ1n) is 7.94. The van der Waals surface area contributed by atoms with Crippen molar-refractivity contribution in [3.05, 3.63) is 58.1 Å². The minimum atomic E-state index is 0.395. The molecule has 0 bridgehead atoms. The molecule has 0 aliphatic heterocycles. The fraction of sp³-hybridized carbons (Fsp3) is 0.368. The van der Waals surface area contributed by atoms with Crippen molar-refractivity contribution in [1.82, 2.24) is 5.32 Å². The van der Waals surface area contributed by atoms with Crippen molar-refractivity contribution >= 4 is 11.6 Å². The Morgan fingerprint density at radius 2 is 2.00 bits per heavy atom. The van der Waals surface area contributed by atoms with E-state index in [2.05, 4.69) is 29.6 Å². The van der Waals surface area contributed by atoms with Gasteiger partial charge in [-0.1, -0.05) is 35.9 Å². The first-order valence-corrected chi connectivity index (χ1v) is 8.32. The van der Waals surface area contributed by atoms with Crippen LogP contribution in [-0.2, 0) is 13.0 Å². The molecule has 2 aromatic rings. The van der Waals surface area contributed by atoms with Gasteiger partial charge in [0.15, 0.2) is 11.5 Å². The first-order chi connectivity index (χ1) is 11.2. The van der Waals surface area contributed by atoms with Crippen molar-refractivity contribution in [2.45, 2.75) is 31.8 Å². The maximum Gasteiger partial charge on any atom is 0.179 e. The minimum absolute atomic E-state index is 0.395. The lowest BCUT2D eigenvalue weighted by atomic mass is 9.87. The van der Waals surface area contributed by atoms with Crippen molar-refractivity contribution < 1.29 is 9.47 Å². The Hall–Kier alpha value is -1.71. The average Bonchev–Trinajstić information content (AvgIpc) is 2.59. The number of hydrogen-bond donors (Lipinski definition) is 1. The Balaban J connectivity index is 1.76. The summed E-state index contributed by atoms with van der Waals surface area (Å²) in [5.41, 5.74) is 3.97. The van der Waals surface area contributed by atoms with E-state index in [0.29, 0.717) is 22.6 Å². The summed E-state index contributed by atoms with van der Waals surface area (Å²) in [6.45, 7) is 0.749. The van der Waals surface area contributed by atoms with Gasteiger partial charge in [0.25, 0.3) is 0 Å². The van der Waals surface area contributed by atoms with Gasteiger partial charge in [0.1, 0.15) is 0 Å². The van der Waals surface area contributed by atoms with Crippen molar-refractivity contribution in [2.24, 2.45) is 0 Å². The van der Waals surface area contributed by atoms with Crippen molar-refractivity contribution in [3.63, 3.8) is 0 Å². The van der Waals surface area contributed by atoms with Gasteiger partial charge in [-0.05, 0) is 48.1 Å². The zero-order chi connectivity index (χ0) is 16.2. The van der Waals surface area contributed by atoms with Crippen LogP contribution in [0.15, 0.2) is 36.4 Å². The summed E-state index contributed by atoms with van der Waals surface area (Å²) < 4.78 is 10.7. The molecule has 0 heterocycles. The fourth-order valence-electron chi connectivity index (χ4n) is 3.28. The second-order valence-corrected chi connectivity index (χ2v) is 6.24. The SMILES string of the molecule is COc1cc(CN[C@@H]2CCCc3ccccc32)cc(Cl)c1OC. The summed E-state index contributed by atoms with van der Waals surface area (Å²) in [5, 5.41) is 4.23. The second-order valence-electron chi connectivity index (χ2n) is 5.84. The van der Waals surface area contributed by atoms with E-state index in [1.165, 1.54) is 24.0 Å². The molecule has 3 nitrogen and oxygen atoms in total. The highest BCUT2D eigenvalue weighted by atomic mass is 35.5. The van der Waals surface area contributed by atoms with E-state index in [-0.39, 0.29) is 0 Å². The molecule has 23 heavy (non-hydrogen) atoms. The number of fused-ring (bicyclic) bond motifs is 1. The molecule has 0 radical (unpaired) electrons. The molecule has 1 N–H and O–H groups in total. The predicted molar refractivity (Wildman–Crippen MR) is 93.5 cm³/mol. The normalized spacial score (nSPS) is 16.7. The number of aryl methyl sites for hydroxylation is 1. The topological polar surface area (TPSA) is 30.5 Å². The van der Waals surface area contributed by atoms with Gasteiger partial charge in [-0.25, -0.2) is 0 Å². The molecule has 1 atom stereocenters. The van der Waals surface area contributed by atoms with E-state index in [1.807, 2.05) is 12.1 Å². The Labute approximate surface area is 142 Å². The molecule has 0 spiro atoms. The molecule has 0 fully saturated rings. The summed E-state index contributed by atoms with van der Waals surface area (Å²) >= 11 is 6.28. The number of halogens is 1. The van der Waals surface area contributed by atoms with Gasteiger partial charge in [-0.3, -0.25) is 0 Å². The average molecular weight is 332 g/mol. The molecule has 0 unspecified atom stereocenters. The van der Waals surface area contributed by atoms with Gasteiger partial charge in [0.2, 0.25) is 0 Å². The third kappa shape index (κ3) is 3.46. The van der Waals surface area contributed by atoms with E-state index in [1.54, 1.807) is 14.2 Å². The van der Waals surface area contributed by atoms with Gasteiger partial charge >= 0.3 is 0 Å². The summed E-state index contributed by atoms with van der Waals surface area (Å²) in [7, 11) is 3.23.